The molecule has 0 saturated carbocycles. The normalized spacial score (nSPS) is 11.3. The molecule has 0 radical (unpaired) electrons. The Morgan fingerprint density at radius 2 is 1.22 bits per heavy atom. The smallest absolute Gasteiger partial charge is 0.255 e. The largest absolute Gasteiger partial charge is 0.326 e. The highest BCUT2D eigenvalue weighted by molar-refractivity contribution is 8.00. The standard InChI is InChI=1S/C25H25N3O3S/c1-16-4-6-19(7-5-16)25(31)28-22-12-14-23(15-13-22)32-17(2)24(30)27-21-10-8-20(9-11-21)26-18(3)29/h4-15,17H,1-3H3,(H,26,29)(H,27,30)(H,28,31). The Balaban J connectivity index is 1.52. The lowest BCUT2D eigenvalue weighted by Crippen LogP contribution is -2.22. The van der Waals surface area contributed by atoms with Crippen molar-refractivity contribution in [3.05, 3.63) is 83.9 Å². The molecule has 3 rings (SSSR count). The van der Waals surface area contributed by atoms with Gasteiger partial charge >= 0.3 is 0 Å². The lowest BCUT2D eigenvalue weighted by Gasteiger charge is -2.13. The molecule has 0 aliphatic rings. The molecule has 0 saturated heterocycles. The van der Waals surface area contributed by atoms with Gasteiger partial charge in [-0.05, 0) is 74.5 Å². The average molecular weight is 448 g/mol. The highest BCUT2D eigenvalue weighted by Gasteiger charge is 2.15. The van der Waals surface area contributed by atoms with Crippen molar-refractivity contribution in [2.75, 3.05) is 16.0 Å². The van der Waals surface area contributed by atoms with Gasteiger partial charge in [0.05, 0.1) is 5.25 Å². The molecule has 6 nitrogen and oxygen atoms in total. The first-order valence-corrected chi connectivity index (χ1v) is 11.0. The van der Waals surface area contributed by atoms with Gasteiger partial charge in [0.1, 0.15) is 0 Å². The van der Waals surface area contributed by atoms with E-state index in [-0.39, 0.29) is 23.0 Å². The monoisotopic (exact) mass is 447 g/mol. The molecule has 1 atom stereocenters. The molecular formula is C25H25N3O3S. The number of carbonyl (C=O) groups excluding carboxylic acids is 3. The summed E-state index contributed by atoms with van der Waals surface area (Å²) in [5, 5.41) is 8.11. The van der Waals surface area contributed by atoms with Crippen LogP contribution >= 0.6 is 11.8 Å². The van der Waals surface area contributed by atoms with Crippen LogP contribution in [-0.2, 0) is 9.59 Å². The first-order chi connectivity index (χ1) is 15.3. The van der Waals surface area contributed by atoms with Crippen molar-refractivity contribution in [2.24, 2.45) is 0 Å². The van der Waals surface area contributed by atoms with Crippen molar-refractivity contribution in [3.63, 3.8) is 0 Å². The van der Waals surface area contributed by atoms with Crippen LogP contribution < -0.4 is 16.0 Å². The Bertz CT molecular complexity index is 1090. The number of amides is 3. The number of hydrogen-bond acceptors (Lipinski definition) is 4. The van der Waals surface area contributed by atoms with E-state index in [9.17, 15) is 14.4 Å². The van der Waals surface area contributed by atoms with Gasteiger partial charge in [0.25, 0.3) is 5.91 Å². The second-order valence-corrected chi connectivity index (χ2v) is 8.77. The minimum atomic E-state index is -0.321. The number of aryl methyl sites for hydroxylation is 1. The van der Waals surface area contributed by atoms with Gasteiger partial charge in [-0.1, -0.05) is 17.7 Å². The molecule has 0 bridgehead atoms. The average Bonchev–Trinajstić information content (AvgIpc) is 2.76. The van der Waals surface area contributed by atoms with E-state index < -0.39 is 0 Å². The zero-order valence-corrected chi connectivity index (χ0v) is 19.0. The first-order valence-electron chi connectivity index (χ1n) is 10.1. The summed E-state index contributed by atoms with van der Waals surface area (Å²) >= 11 is 1.43. The van der Waals surface area contributed by atoms with Gasteiger partial charge in [0.2, 0.25) is 11.8 Å². The van der Waals surface area contributed by atoms with Crippen molar-refractivity contribution in [2.45, 2.75) is 30.9 Å². The maximum atomic E-state index is 12.5. The molecule has 164 valence electrons. The number of thioether (sulfide) groups is 1. The summed E-state index contributed by atoms with van der Waals surface area (Å²) in [5.74, 6) is -0.436. The van der Waals surface area contributed by atoms with Gasteiger partial charge < -0.3 is 16.0 Å². The molecule has 32 heavy (non-hydrogen) atoms. The maximum absolute atomic E-state index is 12.5. The second kappa shape index (κ2) is 10.6. The predicted molar refractivity (Wildman–Crippen MR) is 130 cm³/mol. The Morgan fingerprint density at radius 1 is 0.719 bits per heavy atom. The zero-order chi connectivity index (χ0) is 23.1. The van der Waals surface area contributed by atoms with Crippen LogP contribution in [0.15, 0.2) is 77.7 Å². The number of benzene rings is 3. The van der Waals surface area contributed by atoms with Crippen LogP contribution in [0.3, 0.4) is 0 Å². The van der Waals surface area contributed by atoms with Crippen molar-refractivity contribution < 1.29 is 14.4 Å². The van der Waals surface area contributed by atoms with Gasteiger partial charge in [-0.15, -0.1) is 11.8 Å². The lowest BCUT2D eigenvalue weighted by molar-refractivity contribution is -0.115. The molecule has 1 unspecified atom stereocenters. The minimum Gasteiger partial charge on any atom is -0.326 e. The van der Waals surface area contributed by atoms with Gasteiger partial charge in [0.15, 0.2) is 0 Å². The Labute approximate surface area is 191 Å². The molecular weight excluding hydrogens is 422 g/mol. The van der Waals surface area contributed by atoms with E-state index in [4.69, 9.17) is 0 Å². The molecule has 3 aromatic carbocycles. The van der Waals surface area contributed by atoms with Crippen molar-refractivity contribution in [1.82, 2.24) is 0 Å². The summed E-state index contributed by atoms with van der Waals surface area (Å²) in [4.78, 5) is 36.9. The highest BCUT2D eigenvalue weighted by atomic mass is 32.2. The van der Waals surface area contributed by atoms with Crippen LogP contribution in [0.2, 0.25) is 0 Å². The van der Waals surface area contributed by atoms with Crippen LogP contribution in [0.1, 0.15) is 29.8 Å². The lowest BCUT2D eigenvalue weighted by atomic mass is 10.1. The van der Waals surface area contributed by atoms with Crippen LogP contribution in [0.4, 0.5) is 17.1 Å². The van der Waals surface area contributed by atoms with E-state index in [1.807, 2.05) is 50.2 Å². The van der Waals surface area contributed by atoms with Crippen molar-refractivity contribution in [1.29, 1.82) is 0 Å². The molecule has 7 heteroatoms. The van der Waals surface area contributed by atoms with E-state index in [1.165, 1.54) is 18.7 Å². The predicted octanol–water partition coefficient (Wildman–Crippen LogP) is 5.33. The number of hydrogen-bond donors (Lipinski definition) is 3. The topological polar surface area (TPSA) is 87.3 Å². The zero-order valence-electron chi connectivity index (χ0n) is 18.1. The molecule has 0 aliphatic heterocycles. The third kappa shape index (κ3) is 6.72. The number of nitrogens with one attached hydrogen (secondary N) is 3. The summed E-state index contributed by atoms with van der Waals surface area (Å²) in [5.41, 5.74) is 3.72. The number of rotatable bonds is 7. The molecule has 0 aliphatic carbocycles. The van der Waals surface area contributed by atoms with Gasteiger partial charge in [-0.3, -0.25) is 14.4 Å². The van der Waals surface area contributed by atoms with Crippen LogP contribution in [0.5, 0.6) is 0 Å². The second-order valence-electron chi connectivity index (χ2n) is 7.35. The molecule has 0 fully saturated rings. The summed E-state index contributed by atoms with van der Waals surface area (Å²) in [7, 11) is 0. The van der Waals surface area contributed by atoms with E-state index in [2.05, 4.69) is 16.0 Å². The fourth-order valence-corrected chi connectivity index (χ4v) is 3.73. The summed E-state index contributed by atoms with van der Waals surface area (Å²) in [6.07, 6.45) is 0. The van der Waals surface area contributed by atoms with E-state index >= 15 is 0 Å². The Hall–Kier alpha value is -3.58. The minimum absolute atomic E-state index is 0.126. The molecule has 3 aromatic rings. The fraction of sp³-hybridized carbons (Fsp3) is 0.160. The van der Waals surface area contributed by atoms with Crippen LogP contribution in [-0.4, -0.2) is 23.0 Å². The van der Waals surface area contributed by atoms with Gasteiger partial charge in [0, 0.05) is 34.4 Å². The summed E-state index contributed by atoms with van der Waals surface area (Å²) < 4.78 is 0. The van der Waals surface area contributed by atoms with Crippen molar-refractivity contribution in [3.8, 4) is 0 Å². The quantitative estimate of drug-likeness (QED) is 0.428. The maximum Gasteiger partial charge on any atom is 0.255 e. The van der Waals surface area contributed by atoms with E-state index in [0.29, 0.717) is 22.6 Å². The van der Waals surface area contributed by atoms with Crippen LogP contribution in [0, 0.1) is 6.92 Å². The molecule has 0 heterocycles. The number of carbonyl (C=O) groups is 3. The molecule has 0 aromatic heterocycles. The third-order valence-corrected chi connectivity index (χ3v) is 5.69. The van der Waals surface area contributed by atoms with Gasteiger partial charge in [-0.25, -0.2) is 0 Å². The van der Waals surface area contributed by atoms with Gasteiger partial charge in [-0.2, -0.15) is 0 Å². The molecule has 3 N–H and O–H groups in total. The molecule has 3 amide bonds. The summed E-state index contributed by atoms with van der Waals surface area (Å²) in [6, 6.07) is 21.7. The summed E-state index contributed by atoms with van der Waals surface area (Å²) in [6.45, 7) is 5.25. The van der Waals surface area contributed by atoms with Crippen LogP contribution in [0.25, 0.3) is 0 Å². The van der Waals surface area contributed by atoms with E-state index in [0.717, 1.165) is 10.5 Å². The third-order valence-electron chi connectivity index (χ3n) is 4.58. The molecule has 0 spiro atoms. The Morgan fingerprint density at radius 3 is 1.78 bits per heavy atom. The van der Waals surface area contributed by atoms with Crippen molar-refractivity contribution >= 4 is 46.5 Å². The fourth-order valence-electron chi connectivity index (χ4n) is 2.87. The number of anilines is 3. The van der Waals surface area contributed by atoms with E-state index in [1.54, 1.807) is 36.4 Å². The Kier molecular flexibility index (Phi) is 7.68. The first kappa shape index (κ1) is 23.1. The highest BCUT2D eigenvalue weighted by Crippen LogP contribution is 2.26. The SMILES string of the molecule is CC(=O)Nc1ccc(NC(=O)C(C)Sc2ccc(NC(=O)c3ccc(C)cc3)cc2)cc1.